The van der Waals surface area contributed by atoms with Crippen LogP contribution in [0.3, 0.4) is 0 Å². The van der Waals surface area contributed by atoms with E-state index < -0.39 is 11.6 Å². The quantitative estimate of drug-likeness (QED) is 0.582. The first-order valence-electron chi connectivity index (χ1n) is 13.0. The summed E-state index contributed by atoms with van der Waals surface area (Å²) in [5.74, 6) is 1.05. The molecule has 1 aromatic carbocycles. The lowest BCUT2D eigenvalue weighted by molar-refractivity contribution is -0.883. The van der Waals surface area contributed by atoms with E-state index in [0.717, 1.165) is 56.6 Å². The summed E-state index contributed by atoms with van der Waals surface area (Å²) in [6.07, 6.45) is 10.6. The number of nitrogens with one attached hydrogen (secondary N) is 1. The van der Waals surface area contributed by atoms with Gasteiger partial charge in [-0.3, -0.25) is 9.69 Å². The number of quaternary nitrogens is 1. The Morgan fingerprint density at radius 3 is 2.32 bits per heavy atom. The molecule has 6 nitrogen and oxygen atoms in total. The highest BCUT2D eigenvalue weighted by molar-refractivity contribution is 5.95. The van der Waals surface area contributed by atoms with Gasteiger partial charge in [-0.1, -0.05) is 44.7 Å². The van der Waals surface area contributed by atoms with Gasteiger partial charge in [-0.2, -0.15) is 0 Å². The number of hydrogen-bond acceptors (Lipinski definition) is 4. The number of hydrogen-bond donors (Lipinski definition) is 1. The maximum Gasteiger partial charge on any atom is 0.337 e. The monoisotopic (exact) mass is 492 g/mol. The van der Waals surface area contributed by atoms with E-state index in [-0.39, 0.29) is 28.7 Å². The van der Waals surface area contributed by atoms with Crippen molar-refractivity contribution >= 4 is 24.2 Å². The molecule has 3 fully saturated rings. The number of ether oxygens (including phenoxy) is 1. The smallest absolute Gasteiger partial charge is 0.337 e. The number of piperazine rings is 1. The summed E-state index contributed by atoms with van der Waals surface area (Å²) in [6.45, 7) is 4.75. The van der Waals surface area contributed by atoms with Crippen LogP contribution < -0.4 is 10.1 Å². The van der Waals surface area contributed by atoms with Crippen LogP contribution in [0, 0.1) is 0 Å². The van der Waals surface area contributed by atoms with Crippen LogP contribution in [-0.4, -0.2) is 72.6 Å². The Kier molecular flexibility index (Phi) is 9.04. The van der Waals surface area contributed by atoms with Gasteiger partial charge in [0.1, 0.15) is 11.8 Å². The molecular formula is C27H43ClN3O3+. The fourth-order valence-electron chi connectivity index (χ4n) is 6.49. The Labute approximate surface area is 211 Å². The molecule has 1 aromatic rings. The van der Waals surface area contributed by atoms with Crippen molar-refractivity contribution in [1.29, 1.82) is 0 Å². The van der Waals surface area contributed by atoms with E-state index in [1.807, 2.05) is 31.3 Å². The molecule has 4 rings (SSSR count). The molecule has 2 atom stereocenters. The normalized spacial score (nSPS) is 27.8. The number of carbonyl (C=O) groups is 2. The molecule has 1 unspecified atom stereocenters. The molecule has 2 saturated heterocycles. The molecule has 190 valence electrons. The molecule has 2 amide bonds. The standard InChI is InChI=1S/C27H41N3O3.ClH/c1-4-5-19-30(2)25(31)24(20-21-11-13-23(33-3)14-12-21)28-26(32)27(30)15-17-29(18-16-27)22-9-7-6-8-10-22;/h11-14,22,24H,4-10,15-20H2,1-3H3;1H/p+1/t24-,30?;/m0./s1. The zero-order valence-corrected chi connectivity index (χ0v) is 22.0. The summed E-state index contributed by atoms with van der Waals surface area (Å²) in [6, 6.07) is 7.99. The van der Waals surface area contributed by atoms with E-state index in [1.165, 1.54) is 32.1 Å². The fraction of sp³-hybridized carbons (Fsp3) is 0.704. The molecule has 2 aliphatic heterocycles. The van der Waals surface area contributed by atoms with Crippen LogP contribution in [0.1, 0.15) is 70.3 Å². The van der Waals surface area contributed by atoms with Gasteiger partial charge >= 0.3 is 5.91 Å². The first-order chi connectivity index (χ1) is 15.9. The van der Waals surface area contributed by atoms with Gasteiger partial charge in [-0.25, -0.2) is 9.28 Å². The Bertz CT molecular complexity index is 832. The van der Waals surface area contributed by atoms with Crippen molar-refractivity contribution in [2.45, 2.75) is 88.8 Å². The third-order valence-corrected chi connectivity index (χ3v) is 8.73. The van der Waals surface area contributed by atoms with Crippen molar-refractivity contribution < 1.29 is 18.8 Å². The number of likely N-dealkylation sites (tertiary alicyclic amines) is 1. The third kappa shape index (κ3) is 5.00. The summed E-state index contributed by atoms with van der Waals surface area (Å²) in [5, 5.41) is 3.18. The van der Waals surface area contributed by atoms with Crippen molar-refractivity contribution in [3.8, 4) is 5.75 Å². The minimum atomic E-state index is -0.631. The number of unbranched alkanes of at least 4 members (excludes halogenated alkanes) is 1. The van der Waals surface area contributed by atoms with Crippen molar-refractivity contribution in [2.75, 3.05) is 33.8 Å². The van der Waals surface area contributed by atoms with E-state index >= 15 is 0 Å². The Morgan fingerprint density at radius 1 is 1.09 bits per heavy atom. The van der Waals surface area contributed by atoms with Gasteiger partial charge in [0.15, 0.2) is 5.54 Å². The molecule has 1 aliphatic carbocycles. The minimum absolute atomic E-state index is 0. The second-order valence-corrected chi connectivity index (χ2v) is 10.5. The van der Waals surface area contributed by atoms with Gasteiger partial charge in [0.2, 0.25) is 0 Å². The average molecular weight is 493 g/mol. The van der Waals surface area contributed by atoms with Crippen LogP contribution in [-0.2, 0) is 16.0 Å². The second kappa shape index (κ2) is 11.4. The maximum atomic E-state index is 14.0. The lowest BCUT2D eigenvalue weighted by Crippen LogP contribution is -2.81. The number of benzene rings is 1. The molecule has 3 aliphatic rings. The lowest BCUT2D eigenvalue weighted by atomic mass is 9.77. The number of likely N-dealkylation sites (N-methyl/N-ethyl adjacent to an activating group) is 1. The summed E-state index contributed by atoms with van der Waals surface area (Å²) < 4.78 is 5.51. The number of amides is 2. The molecule has 0 radical (unpaired) electrons. The van der Waals surface area contributed by atoms with Crippen molar-refractivity contribution in [3.63, 3.8) is 0 Å². The Balaban J connectivity index is 0.00000324. The van der Waals surface area contributed by atoms with Gasteiger partial charge in [0, 0.05) is 38.4 Å². The molecule has 0 aromatic heterocycles. The Morgan fingerprint density at radius 2 is 1.74 bits per heavy atom. The van der Waals surface area contributed by atoms with Gasteiger partial charge in [0.05, 0.1) is 20.7 Å². The molecule has 1 N–H and O–H groups in total. The van der Waals surface area contributed by atoms with E-state index in [4.69, 9.17) is 4.74 Å². The highest BCUT2D eigenvalue weighted by atomic mass is 35.5. The first kappa shape index (κ1) is 27.0. The largest absolute Gasteiger partial charge is 0.497 e. The predicted molar refractivity (Wildman–Crippen MR) is 137 cm³/mol. The van der Waals surface area contributed by atoms with Crippen molar-refractivity contribution in [2.24, 2.45) is 0 Å². The van der Waals surface area contributed by atoms with Crippen LogP contribution in [0.5, 0.6) is 5.75 Å². The number of nitrogens with zero attached hydrogens (tertiary/aromatic N) is 2. The van der Waals surface area contributed by atoms with E-state index in [1.54, 1.807) is 7.11 Å². The van der Waals surface area contributed by atoms with E-state index in [0.29, 0.717) is 12.5 Å². The molecule has 1 spiro atoms. The predicted octanol–water partition coefficient (Wildman–Crippen LogP) is 4.10. The van der Waals surface area contributed by atoms with Crippen LogP contribution in [0.2, 0.25) is 0 Å². The number of carbonyl (C=O) groups excluding carboxylic acids is 2. The minimum Gasteiger partial charge on any atom is -0.497 e. The summed E-state index contributed by atoms with van der Waals surface area (Å²) in [7, 11) is 3.70. The van der Waals surface area contributed by atoms with Gasteiger partial charge in [-0.15, -0.1) is 12.4 Å². The zero-order chi connectivity index (χ0) is 23.5. The van der Waals surface area contributed by atoms with E-state index in [9.17, 15) is 9.59 Å². The summed E-state index contributed by atoms with van der Waals surface area (Å²) >= 11 is 0. The average Bonchev–Trinajstić information content (AvgIpc) is 2.86. The Hall–Kier alpha value is -1.63. The summed E-state index contributed by atoms with van der Waals surface area (Å²) in [5.41, 5.74) is 0.410. The highest BCUT2D eigenvalue weighted by Gasteiger charge is 2.64. The van der Waals surface area contributed by atoms with Crippen molar-refractivity contribution in [1.82, 2.24) is 10.2 Å². The number of rotatable bonds is 7. The third-order valence-electron chi connectivity index (χ3n) is 8.73. The molecule has 2 heterocycles. The molecule has 1 saturated carbocycles. The SMILES string of the molecule is CCCC[N+]1(C)C(=O)[C@H](Cc2ccc(OC)cc2)NC(=O)C12CCN(C1CCCCC1)CC2.Cl. The van der Waals surface area contributed by atoms with Gasteiger partial charge in [-0.05, 0) is 37.0 Å². The van der Waals surface area contributed by atoms with Crippen LogP contribution in [0.4, 0.5) is 0 Å². The van der Waals surface area contributed by atoms with Gasteiger partial charge < -0.3 is 10.1 Å². The topological polar surface area (TPSA) is 58.6 Å². The van der Waals surface area contributed by atoms with E-state index in [2.05, 4.69) is 17.1 Å². The summed E-state index contributed by atoms with van der Waals surface area (Å²) in [4.78, 5) is 30.4. The van der Waals surface area contributed by atoms with Crippen LogP contribution >= 0.6 is 12.4 Å². The molecule has 7 heteroatoms. The number of piperidine rings is 1. The highest BCUT2D eigenvalue weighted by Crippen LogP contribution is 2.40. The molecular weight excluding hydrogens is 450 g/mol. The fourth-order valence-corrected chi connectivity index (χ4v) is 6.49. The molecule has 0 bridgehead atoms. The maximum absolute atomic E-state index is 14.0. The molecule has 34 heavy (non-hydrogen) atoms. The number of halogens is 1. The lowest BCUT2D eigenvalue weighted by Gasteiger charge is -2.55. The van der Waals surface area contributed by atoms with Crippen LogP contribution in [0.15, 0.2) is 24.3 Å². The van der Waals surface area contributed by atoms with Crippen molar-refractivity contribution in [3.05, 3.63) is 29.8 Å². The second-order valence-electron chi connectivity index (χ2n) is 10.5. The number of methoxy groups -OCH3 is 1. The van der Waals surface area contributed by atoms with Crippen LogP contribution in [0.25, 0.3) is 0 Å². The first-order valence-corrected chi connectivity index (χ1v) is 13.0. The zero-order valence-electron chi connectivity index (χ0n) is 21.2. The van der Waals surface area contributed by atoms with Gasteiger partial charge in [0.25, 0.3) is 5.91 Å².